The molecule has 0 fully saturated rings. The first-order valence-corrected chi connectivity index (χ1v) is 8.47. The molecule has 20 heavy (non-hydrogen) atoms. The molecule has 114 valence electrons. The van der Waals surface area contributed by atoms with Crippen molar-refractivity contribution in [2.75, 3.05) is 19.9 Å². The van der Waals surface area contributed by atoms with Crippen LogP contribution in [0, 0.1) is 12.8 Å². The van der Waals surface area contributed by atoms with Crippen LogP contribution in [-0.2, 0) is 10.8 Å². The number of rotatable bonds is 7. The van der Waals surface area contributed by atoms with Crippen molar-refractivity contribution in [3.63, 3.8) is 0 Å². The number of hydrogen-bond acceptors (Lipinski definition) is 3. The Morgan fingerprint density at radius 2 is 1.95 bits per heavy atom. The molecular formula is C16H27NO2S. The van der Waals surface area contributed by atoms with Crippen LogP contribution in [0.3, 0.4) is 0 Å². The monoisotopic (exact) mass is 297 g/mol. The van der Waals surface area contributed by atoms with Crippen molar-refractivity contribution in [2.24, 2.45) is 5.92 Å². The average molecular weight is 297 g/mol. The van der Waals surface area contributed by atoms with E-state index in [0.717, 1.165) is 11.3 Å². The Labute approximate surface area is 125 Å². The van der Waals surface area contributed by atoms with Crippen LogP contribution in [0.4, 0.5) is 0 Å². The fourth-order valence-electron chi connectivity index (χ4n) is 2.07. The molecule has 0 amide bonds. The first kappa shape index (κ1) is 17.2. The molecule has 3 atom stereocenters. The Hall–Kier alpha value is -0.870. The number of nitrogens with one attached hydrogen (secondary N) is 1. The average Bonchev–Trinajstić information content (AvgIpc) is 2.43. The van der Waals surface area contributed by atoms with Gasteiger partial charge in [-0.1, -0.05) is 38.5 Å². The van der Waals surface area contributed by atoms with Gasteiger partial charge in [-0.25, -0.2) is 0 Å². The highest BCUT2D eigenvalue weighted by Crippen LogP contribution is 2.27. The molecule has 0 aromatic heterocycles. The summed E-state index contributed by atoms with van der Waals surface area (Å²) in [6.07, 6.45) is 0. The lowest BCUT2D eigenvalue weighted by atomic mass is 10.0. The number of methoxy groups -OCH3 is 1. The number of aryl methyl sites for hydroxylation is 1. The fraction of sp³-hybridized carbons (Fsp3) is 0.625. The van der Waals surface area contributed by atoms with Crippen LogP contribution < -0.4 is 10.1 Å². The summed E-state index contributed by atoms with van der Waals surface area (Å²) in [7, 11) is 2.72. The molecule has 4 heteroatoms. The van der Waals surface area contributed by atoms with E-state index in [0.29, 0.717) is 11.7 Å². The van der Waals surface area contributed by atoms with Gasteiger partial charge in [0.05, 0.1) is 7.11 Å². The Bertz CT molecular complexity index is 460. The second kappa shape index (κ2) is 7.79. The molecule has 0 aliphatic rings. The van der Waals surface area contributed by atoms with Crippen LogP contribution >= 0.6 is 0 Å². The molecule has 0 heterocycles. The van der Waals surface area contributed by atoms with Gasteiger partial charge in [-0.15, -0.1) is 0 Å². The molecule has 1 rings (SSSR count). The normalized spacial score (nSPS) is 15.9. The quantitative estimate of drug-likeness (QED) is 0.840. The molecule has 0 aliphatic carbocycles. The standard InChI is InChI=1S/C16H27NO2S/c1-11(2)13(4)20(18)10-15(17-5)14-9-12(3)7-8-16(14)19-6/h7-9,11,13,15,17H,10H2,1-6H3. The highest BCUT2D eigenvalue weighted by atomic mass is 32.2. The smallest absolute Gasteiger partial charge is 0.123 e. The van der Waals surface area contributed by atoms with E-state index in [2.05, 4.69) is 39.1 Å². The van der Waals surface area contributed by atoms with Gasteiger partial charge in [-0.2, -0.15) is 0 Å². The van der Waals surface area contributed by atoms with Crippen molar-refractivity contribution < 1.29 is 8.95 Å². The van der Waals surface area contributed by atoms with Crippen molar-refractivity contribution >= 4 is 10.8 Å². The highest BCUT2D eigenvalue weighted by Gasteiger charge is 2.22. The van der Waals surface area contributed by atoms with E-state index in [1.165, 1.54) is 5.56 Å². The van der Waals surface area contributed by atoms with Gasteiger partial charge in [0.25, 0.3) is 0 Å². The minimum Gasteiger partial charge on any atom is -0.496 e. The molecule has 0 saturated heterocycles. The summed E-state index contributed by atoms with van der Waals surface area (Å²) in [6, 6.07) is 6.16. The van der Waals surface area contributed by atoms with Crippen LogP contribution in [-0.4, -0.2) is 29.4 Å². The van der Waals surface area contributed by atoms with Crippen LogP contribution in [0.25, 0.3) is 0 Å². The van der Waals surface area contributed by atoms with E-state index in [4.69, 9.17) is 4.74 Å². The molecule has 0 radical (unpaired) electrons. The van der Waals surface area contributed by atoms with Gasteiger partial charge in [-0.3, -0.25) is 4.21 Å². The Morgan fingerprint density at radius 1 is 1.30 bits per heavy atom. The van der Waals surface area contributed by atoms with Crippen molar-refractivity contribution in [1.29, 1.82) is 0 Å². The van der Waals surface area contributed by atoms with E-state index in [1.54, 1.807) is 7.11 Å². The molecule has 0 spiro atoms. The molecule has 3 unspecified atom stereocenters. The fourth-order valence-corrected chi connectivity index (χ4v) is 3.66. The second-order valence-corrected chi connectivity index (χ2v) is 7.42. The molecule has 3 nitrogen and oxygen atoms in total. The van der Waals surface area contributed by atoms with Gasteiger partial charge in [0.2, 0.25) is 0 Å². The number of benzene rings is 1. The molecule has 1 aromatic carbocycles. The van der Waals surface area contributed by atoms with Gasteiger partial charge in [-0.05, 0) is 26.0 Å². The molecule has 0 bridgehead atoms. The van der Waals surface area contributed by atoms with Crippen molar-refractivity contribution in [2.45, 2.75) is 39.0 Å². The maximum absolute atomic E-state index is 12.4. The van der Waals surface area contributed by atoms with Crippen molar-refractivity contribution in [3.8, 4) is 5.75 Å². The minimum absolute atomic E-state index is 0.0480. The van der Waals surface area contributed by atoms with Gasteiger partial charge in [0, 0.05) is 33.4 Å². The predicted molar refractivity (Wildman–Crippen MR) is 86.8 cm³/mol. The molecule has 1 N–H and O–H groups in total. The van der Waals surface area contributed by atoms with Crippen molar-refractivity contribution in [3.05, 3.63) is 29.3 Å². The van der Waals surface area contributed by atoms with Crippen molar-refractivity contribution in [1.82, 2.24) is 5.32 Å². The summed E-state index contributed by atoms with van der Waals surface area (Å²) < 4.78 is 17.9. The van der Waals surface area contributed by atoms with Crippen LogP contribution in [0.1, 0.15) is 37.9 Å². The highest BCUT2D eigenvalue weighted by molar-refractivity contribution is 7.85. The van der Waals surface area contributed by atoms with Gasteiger partial charge in [0.1, 0.15) is 5.75 Å². The molecule has 0 saturated carbocycles. The van der Waals surface area contributed by atoms with E-state index in [9.17, 15) is 4.21 Å². The maximum atomic E-state index is 12.4. The summed E-state index contributed by atoms with van der Waals surface area (Å²) >= 11 is 0. The van der Waals surface area contributed by atoms with Crippen LogP contribution in [0.2, 0.25) is 0 Å². The topological polar surface area (TPSA) is 38.3 Å². The second-order valence-electron chi connectivity index (χ2n) is 5.58. The SMILES string of the molecule is CNC(CS(=O)C(C)C(C)C)c1cc(C)ccc1OC. The Kier molecular flexibility index (Phi) is 6.69. The van der Waals surface area contributed by atoms with E-state index >= 15 is 0 Å². The summed E-state index contributed by atoms with van der Waals surface area (Å²) in [4.78, 5) is 0. The zero-order chi connectivity index (χ0) is 15.3. The summed E-state index contributed by atoms with van der Waals surface area (Å²) in [5.74, 6) is 1.88. The third-order valence-electron chi connectivity index (χ3n) is 3.79. The van der Waals surface area contributed by atoms with E-state index in [-0.39, 0.29) is 11.3 Å². The van der Waals surface area contributed by atoms with Gasteiger partial charge < -0.3 is 10.1 Å². The third-order valence-corrected chi connectivity index (χ3v) is 5.83. The molecular weight excluding hydrogens is 270 g/mol. The summed E-state index contributed by atoms with van der Waals surface area (Å²) in [5.41, 5.74) is 2.27. The van der Waals surface area contributed by atoms with Crippen LogP contribution in [0.5, 0.6) is 5.75 Å². The number of ether oxygens (including phenoxy) is 1. The zero-order valence-corrected chi connectivity index (χ0v) is 14.2. The Balaban J connectivity index is 2.96. The third kappa shape index (κ3) is 4.32. The van der Waals surface area contributed by atoms with E-state index < -0.39 is 10.8 Å². The largest absolute Gasteiger partial charge is 0.496 e. The first-order valence-electron chi connectivity index (χ1n) is 7.09. The maximum Gasteiger partial charge on any atom is 0.123 e. The van der Waals surface area contributed by atoms with Gasteiger partial charge >= 0.3 is 0 Å². The number of hydrogen-bond donors (Lipinski definition) is 1. The van der Waals surface area contributed by atoms with E-state index in [1.807, 2.05) is 19.2 Å². The zero-order valence-electron chi connectivity index (χ0n) is 13.4. The Morgan fingerprint density at radius 3 is 2.45 bits per heavy atom. The molecule has 0 aliphatic heterocycles. The summed E-state index contributed by atoms with van der Waals surface area (Å²) in [5, 5.41) is 3.47. The van der Waals surface area contributed by atoms with Crippen LogP contribution in [0.15, 0.2) is 18.2 Å². The lowest BCUT2D eigenvalue weighted by Crippen LogP contribution is -2.29. The minimum atomic E-state index is -0.860. The summed E-state index contributed by atoms with van der Waals surface area (Å²) in [6.45, 7) is 8.35. The first-order chi connectivity index (χ1) is 9.40. The lowest BCUT2D eigenvalue weighted by Gasteiger charge is -2.22. The lowest BCUT2D eigenvalue weighted by molar-refractivity contribution is 0.404. The molecule has 1 aromatic rings. The van der Waals surface area contributed by atoms with Gasteiger partial charge in [0.15, 0.2) is 0 Å². The predicted octanol–water partition coefficient (Wildman–Crippen LogP) is 3.06.